The van der Waals surface area contributed by atoms with E-state index in [1.807, 2.05) is 0 Å². The average molecular weight is 161 g/mol. The number of allylic oxidation sites excluding steroid dienone is 1. The maximum Gasteiger partial charge on any atom is -0.147 e. The van der Waals surface area contributed by atoms with Crippen LogP contribution in [0.1, 0.15) is 0 Å². The fourth-order valence-corrected chi connectivity index (χ4v) is 0.581. The molecule has 5 heteroatoms. The van der Waals surface area contributed by atoms with Crippen LogP contribution in [0.3, 0.4) is 0 Å². The second-order valence-electron chi connectivity index (χ2n) is 1.27. The molecule has 52 valence electrons. The molecule has 0 saturated carbocycles. The summed E-state index contributed by atoms with van der Waals surface area (Å²) in [5.74, 6) is 0. The Labute approximate surface area is 54.7 Å². The maximum atomic E-state index is 8.20. The number of hydrogen-bond donors (Lipinski definition) is 3. The fourth-order valence-electron chi connectivity index (χ4n) is 0.194. The summed E-state index contributed by atoms with van der Waals surface area (Å²) in [7, 11) is -3.78. The summed E-state index contributed by atoms with van der Waals surface area (Å²) >= 11 is 0. The summed E-state index contributed by atoms with van der Waals surface area (Å²) in [5.41, 5.74) is 0. The molecule has 0 amide bonds. The summed E-state index contributed by atoms with van der Waals surface area (Å²) in [6.45, 7) is 3.20. The van der Waals surface area contributed by atoms with Gasteiger partial charge in [-0.25, -0.2) is 0 Å². The first-order valence-corrected chi connectivity index (χ1v) is 3.89. The smallest absolute Gasteiger partial charge is 0.147 e. The van der Waals surface area contributed by atoms with Crippen molar-refractivity contribution in [3.05, 3.63) is 12.7 Å². The molecule has 0 aliphatic rings. The Kier molecular flexibility index (Phi) is 5.93. The Balaban J connectivity index is 0. The molecule has 0 bridgehead atoms. The molecule has 0 aromatic heterocycles. The van der Waals surface area contributed by atoms with E-state index in [1.165, 1.54) is 6.08 Å². The third-order valence-corrected chi connectivity index (χ3v) is 1.25. The van der Waals surface area contributed by atoms with Gasteiger partial charge in [-0.3, -0.25) is 0 Å². The average Bonchev–Trinajstić information content (AvgIpc) is 1.30. The molecule has 0 heterocycles. The van der Waals surface area contributed by atoms with E-state index in [1.54, 1.807) is 0 Å². The Morgan fingerprint density at radius 3 is 1.75 bits per heavy atom. The zero-order chi connectivity index (χ0) is 5.91. The van der Waals surface area contributed by atoms with Crippen LogP contribution >= 0.6 is 20.4 Å². The minimum atomic E-state index is -3.78. The van der Waals surface area contributed by atoms with E-state index in [2.05, 4.69) is 6.58 Å². The largest absolute Gasteiger partial charge is 0.147 e. The Bertz CT molecular complexity index is 69.4. The van der Waals surface area contributed by atoms with E-state index in [9.17, 15) is 0 Å². The van der Waals surface area contributed by atoms with E-state index < -0.39 is 7.94 Å². The molecular formula is C3H10ClO3P. The first kappa shape index (κ1) is 11.2. The Morgan fingerprint density at radius 1 is 1.38 bits per heavy atom. The topological polar surface area (TPSA) is 60.7 Å². The van der Waals surface area contributed by atoms with Crippen molar-refractivity contribution in [2.24, 2.45) is 0 Å². The number of halogens is 1. The predicted molar refractivity (Wildman–Crippen MR) is 37.3 cm³/mol. The van der Waals surface area contributed by atoms with Gasteiger partial charge in [-0.15, -0.1) is 12.4 Å². The Morgan fingerprint density at radius 2 is 1.75 bits per heavy atom. The molecule has 0 aliphatic carbocycles. The van der Waals surface area contributed by atoms with Crippen molar-refractivity contribution >= 4 is 20.4 Å². The molecule has 0 radical (unpaired) electrons. The molecule has 3 nitrogen and oxygen atoms in total. The van der Waals surface area contributed by atoms with E-state index in [4.69, 9.17) is 14.7 Å². The zero-order valence-electron chi connectivity index (χ0n) is 4.24. The van der Waals surface area contributed by atoms with Gasteiger partial charge in [-0.2, -0.15) is 0 Å². The van der Waals surface area contributed by atoms with Crippen molar-refractivity contribution in [3.63, 3.8) is 0 Å². The molecule has 3 N–H and O–H groups in total. The summed E-state index contributed by atoms with van der Waals surface area (Å²) in [5, 5.41) is 0. The molecule has 0 atom stereocenters. The summed E-state index contributed by atoms with van der Waals surface area (Å²) in [6.07, 6.45) is 1.18. The van der Waals surface area contributed by atoms with E-state index in [-0.39, 0.29) is 18.6 Å². The van der Waals surface area contributed by atoms with Crippen LogP contribution in [0.5, 0.6) is 0 Å². The summed E-state index contributed by atoms with van der Waals surface area (Å²) in [4.78, 5) is 24.6. The van der Waals surface area contributed by atoms with Gasteiger partial charge in [0.25, 0.3) is 0 Å². The van der Waals surface area contributed by atoms with Crippen LogP contribution in [0.15, 0.2) is 12.7 Å². The first-order chi connectivity index (χ1) is 3.06. The van der Waals surface area contributed by atoms with Crippen molar-refractivity contribution in [2.45, 2.75) is 0 Å². The zero-order valence-corrected chi connectivity index (χ0v) is 6.06. The van der Waals surface area contributed by atoms with Crippen molar-refractivity contribution in [1.29, 1.82) is 0 Å². The molecule has 0 spiro atoms. The van der Waals surface area contributed by atoms with Crippen LogP contribution in [0.4, 0.5) is 0 Å². The molecule has 0 rings (SSSR count). The molecule has 0 fully saturated rings. The van der Waals surface area contributed by atoms with Crippen molar-refractivity contribution in [1.82, 2.24) is 0 Å². The molecule has 0 saturated heterocycles. The van der Waals surface area contributed by atoms with Crippen molar-refractivity contribution in [3.8, 4) is 0 Å². The minimum Gasteiger partial charge on any atom is -0.147 e. The SMILES string of the molecule is C=CC[PH](O)(O)O.Cl. The molecule has 0 aliphatic heterocycles. The van der Waals surface area contributed by atoms with E-state index in [0.717, 1.165) is 0 Å². The van der Waals surface area contributed by atoms with Gasteiger partial charge >= 0.3 is 41.4 Å². The van der Waals surface area contributed by atoms with Crippen LogP contribution in [0, 0.1) is 0 Å². The molecular weight excluding hydrogens is 150 g/mol. The van der Waals surface area contributed by atoms with Gasteiger partial charge in [-0.1, -0.05) is 0 Å². The minimum absolute atomic E-state index is 0. The molecule has 0 aromatic rings. The third-order valence-electron chi connectivity index (χ3n) is 0.418. The third kappa shape index (κ3) is 9.60. The van der Waals surface area contributed by atoms with Crippen molar-refractivity contribution in [2.75, 3.05) is 6.16 Å². The monoisotopic (exact) mass is 160 g/mol. The van der Waals surface area contributed by atoms with Crippen LogP contribution in [0.2, 0.25) is 0 Å². The van der Waals surface area contributed by atoms with Crippen LogP contribution < -0.4 is 0 Å². The standard InChI is InChI=1S/C3H9O3P.ClH/c1-2-3-7(4,5)6;/h2,4-7H,1,3H2;1H. The number of hydrogen-bond acceptors (Lipinski definition) is 3. The fraction of sp³-hybridized carbons (Fsp3) is 0.333. The first-order valence-electron chi connectivity index (χ1n) is 1.84. The van der Waals surface area contributed by atoms with Gasteiger partial charge in [0.05, 0.1) is 0 Å². The van der Waals surface area contributed by atoms with Gasteiger partial charge < -0.3 is 0 Å². The second-order valence-corrected chi connectivity index (χ2v) is 3.22. The predicted octanol–water partition coefficient (Wildman–Crippen LogP) is 0.0660. The van der Waals surface area contributed by atoms with Gasteiger partial charge in [0.1, 0.15) is 0 Å². The summed E-state index contributed by atoms with van der Waals surface area (Å²) < 4.78 is 0. The van der Waals surface area contributed by atoms with Crippen LogP contribution in [0.25, 0.3) is 0 Å². The number of rotatable bonds is 2. The molecule has 0 unspecified atom stereocenters. The van der Waals surface area contributed by atoms with E-state index >= 15 is 0 Å². The van der Waals surface area contributed by atoms with Crippen LogP contribution in [-0.2, 0) is 0 Å². The van der Waals surface area contributed by atoms with Crippen molar-refractivity contribution < 1.29 is 14.7 Å². The normalized spacial score (nSPS) is 11.9. The van der Waals surface area contributed by atoms with E-state index in [0.29, 0.717) is 0 Å². The molecule has 0 aromatic carbocycles. The maximum absolute atomic E-state index is 8.20. The second kappa shape index (κ2) is 4.24. The Hall–Kier alpha value is 0.340. The van der Waals surface area contributed by atoms with Gasteiger partial charge in [-0.05, 0) is 0 Å². The van der Waals surface area contributed by atoms with Gasteiger partial charge in [0.15, 0.2) is 0 Å². The van der Waals surface area contributed by atoms with Gasteiger partial charge in [0, 0.05) is 0 Å². The van der Waals surface area contributed by atoms with Gasteiger partial charge in [0.2, 0.25) is 0 Å². The van der Waals surface area contributed by atoms with Crippen LogP contribution in [-0.4, -0.2) is 20.8 Å². The summed E-state index contributed by atoms with van der Waals surface area (Å²) in [6, 6.07) is 0. The molecule has 8 heavy (non-hydrogen) atoms. The quantitative estimate of drug-likeness (QED) is 0.396.